The molecule has 0 heterocycles. The lowest BCUT2D eigenvalue weighted by molar-refractivity contribution is -0.114. The molecule has 1 atom stereocenters. The number of amides is 1. The molecule has 1 aliphatic rings. The molecule has 1 aliphatic carbocycles. The number of rotatable bonds is 6. The van der Waals surface area contributed by atoms with Gasteiger partial charge in [-0.3, -0.25) is 4.79 Å². The van der Waals surface area contributed by atoms with Gasteiger partial charge < -0.3 is 10.6 Å². The largest absolute Gasteiger partial charge is 0.326 e. The van der Waals surface area contributed by atoms with Crippen LogP contribution >= 0.6 is 0 Å². The molecule has 0 saturated carbocycles. The number of nitrogens with one attached hydrogen (secondary N) is 2. The minimum Gasteiger partial charge on any atom is -0.326 e. The molecular formula is C17H24N2O. The summed E-state index contributed by atoms with van der Waals surface area (Å²) in [5, 5.41) is 6.38. The Hall–Kier alpha value is -1.61. The van der Waals surface area contributed by atoms with Gasteiger partial charge in [-0.25, -0.2) is 0 Å². The quantitative estimate of drug-likeness (QED) is 0.773. The average molecular weight is 272 g/mol. The monoisotopic (exact) mass is 272 g/mol. The Labute approximate surface area is 121 Å². The van der Waals surface area contributed by atoms with E-state index in [0.29, 0.717) is 6.04 Å². The SMILES string of the molecule is CC(=O)Nc1cccc(C(C)NCCC2=CCCC2)c1. The average Bonchev–Trinajstić information content (AvgIpc) is 2.91. The highest BCUT2D eigenvalue weighted by Crippen LogP contribution is 2.21. The molecule has 1 amide bonds. The smallest absolute Gasteiger partial charge is 0.221 e. The van der Waals surface area contributed by atoms with Gasteiger partial charge in [-0.15, -0.1) is 0 Å². The highest BCUT2D eigenvalue weighted by molar-refractivity contribution is 5.88. The zero-order chi connectivity index (χ0) is 14.4. The van der Waals surface area contributed by atoms with Crippen molar-refractivity contribution in [1.82, 2.24) is 5.32 Å². The van der Waals surface area contributed by atoms with Crippen LogP contribution in [0, 0.1) is 0 Å². The minimum absolute atomic E-state index is 0.0315. The van der Waals surface area contributed by atoms with Gasteiger partial charge in [-0.1, -0.05) is 23.8 Å². The summed E-state index contributed by atoms with van der Waals surface area (Å²) >= 11 is 0. The van der Waals surface area contributed by atoms with E-state index in [1.54, 1.807) is 5.57 Å². The van der Waals surface area contributed by atoms with Gasteiger partial charge in [0.15, 0.2) is 0 Å². The van der Waals surface area contributed by atoms with Crippen LogP contribution in [-0.2, 0) is 4.79 Å². The van der Waals surface area contributed by atoms with Crippen LogP contribution < -0.4 is 10.6 Å². The number of hydrogen-bond donors (Lipinski definition) is 2. The van der Waals surface area contributed by atoms with Crippen molar-refractivity contribution >= 4 is 11.6 Å². The maximum absolute atomic E-state index is 11.1. The topological polar surface area (TPSA) is 41.1 Å². The van der Waals surface area contributed by atoms with Crippen LogP contribution in [0.5, 0.6) is 0 Å². The van der Waals surface area contributed by atoms with Crippen LogP contribution in [0.4, 0.5) is 5.69 Å². The first kappa shape index (κ1) is 14.8. The van der Waals surface area contributed by atoms with Crippen LogP contribution in [0.2, 0.25) is 0 Å². The van der Waals surface area contributed by atoms with Crippen molar-refractivity contribution in [3.63, 3.8) is 0 Å². The molecule has 20 heavy (non-hydrogen) atoms. The Morgan fingerprint density at radius 2 is 2.25 bits per heavy atom. The fourth-order valence-corrected chi connectivity index (χ4v) is 2.62. The molecule has 0 spiro atoms. The summed E-state index contributed by atoms with van der Waals surface area (Å²) in [7, 11) is 0. The number of allylic oxidation sites excluding steroid dienone is 1. The Morgan fingerprint density at radius 3 is 2.95 bits per heavy atom. The van der Waals surface area contributed by atoms with Crippen molar-refractivity contribution in [2.24, 2.45) is 0 Å². The lowest BCUT2D eigenvalue weighted by Gasteiger charge is -2.15. The van der Waals surface area contributed by atoms with E-state index in [1.807, 2.05) is 18.2 Å². The summed E-state index contributed by atoms with van der Waals surface area (Å²) in [6, 6.07) is 8.33. The van der Waals surface area contributed by atoms with Crippen molar-refractivity contribution < 1.29 is 4.79 Å². The predicted molar refractivity (Wildman–Crippen MR) is 83.7 cm³/mol. The molecule has 0 radical (unpaired) electrons. The van der Waals surface area contributed by atoms with Crippen molar-refractivity contribution in [1.29, 1.82) is 0 Å². The third-order valence-electron chi connectivity index (χ3n) is 3.74. The summed E-state index contributed by atoms with van der Waals surface area (Å²) < 4.78 is 0. The Bertz CT molecular complexity index is 494. The van der Waals surface area contributed by atoms with E-state index in [0.717, 1.165) is 18.7 Å². The normalized spacial score (nSPS) is 15.8. The molecule has 0 fully saturated rings. The fourth-order valence-electron chi connectivity index (χ4n) is 2.62. The number of carbonyl (C=O) groups excluding carboxylic acids is 1. The van der Waals surface area contributed by atoms with E-state index in [2.05, 4.69) is 29.7 Å². The zero-order valence-electron chi connectivity index (χ0n) is 12.4. The van der Waals surface area contributed by atoms with E-state index < -0.39 is 0 Å². The van der Waals surface area contributed by atoms with E-state index >= 15 is 0 Å². The van der Waals surface area contributed by atoms with Gasteiger partial charge in [0.2, 0.25) is 5.91 Å². The Morgan fingerprint density at radius 1 is 1.40 bits per heavy atom. The van der Waals surface area contributed by atoms with Crippen molar-refractivity contribution in [2.75, 3.05) is 11.9 Å². The summed E-state index contributed by atoms with van der Waals surface area (Å²) in [5.41, 5.74) is 3.66. The van der Waals surface area contributed by atoms with Crippen molar-refractivity contribution in [2.45, 2.75) is 45.6 Å². The van der Waals surface area contributed by atoms with E-state index in [9.17, 15) is 4.79 Å². The van der Waals surface area contributed by atoms with Crippen LogP contribution in [0.1, 0.15) is 51.1 Å². The maximum atomic E-state index is 11.1. The van der Waals surface area contributed by atoms with Gasteiger partial charge in [-0.05, 0) is 56.8 Å². The summed E-state index contributed by atoms with van der Waals surface area (Å²) in [6.07, 6.45) is 7.38. The van der Waals surface area contributed by atoms with Gasteiger partial charge in [0.1, 0.15) is 0 Å². The number of carbonyl (C=O) groups is 1. The van der Waals surface area contributed by atoms with Crippen LogP contribution in [0.15, 0.2) is 35.9 Å². The highest BCUT2D eigenvalue weighted by atomic mass is 16.1. The first-order valence-electron chi connectivity index (χ1n) is 7.44. The van der Waals surface area contributed by atoms with E-state index in [-0.39, 0.29) is 5.91 Å². The second-order valence-electron chi connectivity index (χ2n) is 5.49. The first-order chi connectivity index (χ1) is 9.65. The molecule has 0 aromatic heterocycles. The van der Waals surface area contributed by atoms with E-state index in [1.165, 1.54) is 31.7 Å². The van der Waals surface area contributed by atoms with Crippen LogP contribution in [0.25, 0.3) is 0 Å². The van der Waals surface area contributed by atoms with Gasteiger partial charge >= 0.3 is 0 Å². The lowest BCUT2D eigenvalue weighted by atomic mass is 10.1. The summed E-state index contributed by atoms with van der Waals surface area (Å²) in [6.45, 7) is 4.71. The van der Waals surface area contributed by atoms with Gasteiger partial charge in [0.05, 0.1) is 0 Å². The molecule has 1 aromatic rings. The van der Waals surface area contributed by atoms with Crippen LogP contribution in [-0.4, -0.2) is 12.5 Å². The van der Waals surface area contributed by atoms with Crippen molar-refractivity contribution in [3.8, 4) is 0 Å². The molecule has 108 valence electrons. The second kappa shape index (κ2) is 7.25. The molecule has 0 bridgehead atoms. The molecule has 2 N–H and O–H groups in total. The molecule has 0 saturated heterocycles. The third-order valence-corrected chi connectivity index (χ3v) is 3.74. The molecule has 0 aliphatic heterocycles. The number of hydrogen-bond acceptors (Lipinski definition) is 2. The Kier molecular flexibility index (Phi) is 5.36. The predicted octanol–water partition coefficient (Wildman–Crippen LogP) is 3.80. The third kappa shape index (κ3) is 4.49. The van der Waals surface area contributed by atoms with Gasteiger partial charge in [0.25, 0.3) is 0 Å². The highest BCUT2D eigenvalue weighted by Gasteiger charge is 2.08. The first-order valence-corrected chi connectivity index (χ1v) is 7.44. The van der Waals surface area contributed by atoms with Crippen LogP contribution in [0.3, 0.4) is 0 Å². The van der Waals surface area contributed by atoms with E-state index in [4.69, 9.17) is 0 Å². The standard InChI is InChI=1S/C17H24N2O/c1-13(18-11-10-15-6-3-4-7-15)16-8-5-9-17(12-16)19-14(2)20/h5-6,8-9,12-13,18H,3-4,7,10-11H2,1-2H3,(H,19,20). The second-order valence-corrected chi connectivity index (χ2v) is 5.49. The minimum atomic E-state index is -0.0315. The van der Waals surface area contributed by atoms with Crippen molar-refractivity contribution in [3.05, 3.63) is 41.5 Å². The van der Waals surface area contributed by atoms with Gasteiger partial charge in [-0.2, -0.15) is 0 Å². The lowest BCUT2D eigenvalue weighted by Crippen LogP contribution is -2.20. The number of anilines is 1. The zero-order valence-corrected chi connectivity index (χ0v) is 12.4. The maximum Gasteiger partial charge on any atom is 0.221 e. The molecular weight excluding hydrogens is 248 g/mol. The molecule has 3 nitrogen and oxygen atoms in total. The summed E-state index contributed by atoms with van der Waals surface area (Å²) in [5.74, 6) is -0.0315. The fraction of sp³-hybridized carbons (Fsp3) is 0.471. The number of benzene rings is 1. The molecule has 3 heteroatoms. The summed E-state index contributed by atoms with van der Waals surface area (Å²) in [4.78, 5) is 11.1. The van der Waals surface area contributed by atoms with Gasteiger partial charge in [0, 0.05) is 18.7 Å². The molecule has 2 rings (SSSR count). The Balaban J connectivity index is 1.84. The molecule has 1 aromatic carbocycles. The molecule has 1 unspecified atom stereocenters.